The molecule has 0 aliphatic carbocycles. The zero-order chi connectivity index (χ0) is 27.4. The summed E-state index contributed by atoms with van der Waals surface area (Å²) in [7, 11) is 0. The van der Waals surface area contributed by atoms with Crippen molar-refractivity contribution in [2.75, 3.05) is 13.2 Å². The first-order chi connectivity index (χ1) is 18.2. The molecule has 38 heavy (non-hydrogen) atoms. The third-order valence-electron chi connectivity index (χ3n) is 5.53. The molecule has 0 aliphatic heterocycles. The average Bonchev–Trinajstić information content (AvgIpc) is 2.87. The molecule has 9 nitrogen and oxygen atoms in total. The van der Waals surface area contributed by atoms with Gasteiger partial charge in [-0.15, -0.1) is 0 Å². The van der Waals surface area contributed by atoms with Crippen LogP contribution in [0.4, 0.5) is 0 Å². The second-order valence-electron chi connectivity index (χ2n) is 8.87. The number of nitrogens with zero attached hydrogens (tertiary/aromatic N) is 4. The van der Waals surface area contributed by atoms with Gasteiger partial charge in [0.2, 0.25) is 0 Å². The van der Waals surface area contributed by atoms with Crippen molar-refractivity contribution >= 4 is 51.8 Å². The lowest BCUT2D eigenvalue weighted by Crippen LogP contribution is -2.34. The summed E-state index contributed by atoms with van der Waals surface area (Å²) in [5.41, 5.74) is 0.478. The molecule has 0 N–H and O–H groups in total. The van der Waals surface area contributed by atoms with Crippen molar-refractivity contribution in [2.45, 2.75) is 33.7 Å². The van der Waals surface area contributed by atoms with Gasteiger partial charge in [0.15, 0.2) is 5.49 Å². The number of esters is 1. The van der Waals surface area contributed by atoms with Crippen LogP contribution < -0.4 is 15.8 Å². The number of hydrogen-bond acceptors (Lipinski definition) is 6. The molecular weight excluding hydrogens is 531 g/mol. The number of carbonyl (C=O) groups excluding carboxylic acids is 2. The Balaban J connectivity index is 1.84. The van der Waals surface area contributed by atoms with Gasteiger partial charge < -0.3 is 14.0 Å². The van der Waals surface area contributed by atoms with Crippen LogP contribution in [0.25, 0.3) is 16.7 Å². The van der Waals surface area contributed by atoms with Gasteiger partial charge in [-0.25, -0.2) is 9.78 Å². The Morgan fingerprint density at radius 1 is 1.13 bits per heavy atom. The zero-order valence-electron chi connectivity index (χ0n) is 21.1. The lowest BCUT2D eigenvalue weighted by molar-refractivity contribution is -0.118. The molecule has 0 saturated carbocycles. The van der Waals surface area contributed by atoms with E-state index in [4.69, 9.17) is 32.7 Å². The van der Waals surface area contributed by atoms with Crippen molar-refractivity contribution in [1.29, 1.82) is 0 Å². The number of aromatic nitrogens is 3. The minimum Gasteiger partial charge on any atom is -0.491 e. The zero-order valence-corrected chi connectivity index (χ0v) is 22.6. The van der Waals surface area contributed by atoms with Crippen LogP contribution in [0.15, 0.2) is 58.4 Å². The number of fused-ring (bicyclic) bond motifs is 2. The summed E-state index contributed by atoms with van der Waals surface area (Å²) >= 11 is 12.0. The Morgan fingerprint density at radius 3 is 2.63 bits per heavy atom. The van der Waals surface area contributed by atoms with Gasteiger partial charge in [0.25, 0.3) is 11.5 Å². The molecule has 1 amide bonds. The molecule has 198 valence electrons. The van der Waals surface area contributed by atoms with E-state index in [1.807, 2.05) is 13.8 Å². The van der Waals surface area contributed by atoms with Crippen LogP contribution in [0.2, 0.25) is 10.0 Å². The molecule has 11 heteroatoms. The number of ether oxygens (including phenoxy) is 2. The second-order valence-corrected chi connectivity index (χ2v) is 9.71. The van der Waals surface area contributed by atoms with E-state index in [1.54, 1.807) is 54.1 Å². The Kier molecular flexibility index (Phi) is 8.48. The molecule has 1 aromatic carbocycles. The average molecular weight is 557 g/mol. The number of carbonyl (C=O) groups is 2. The summed E-state index contributed by atoms with van der Waals surface area (Å²) in [5, 5.41) is 0.997. The molecule has 0 radical (unpaired) electrons. The second kappa shape index (κ2) is 11.8. The lowest BCUT2D eigenvalue weighted by atomic mass is 10.1. The first-order valence-electron chi connectivity index (χ1n) is 12.1. The predicted molar refractivity (Wildman–Crippen MR) is 145 cm³/mol. The van der Waals surface area contributed by atoms with Crippen molar-refractivity contribution in [3.05, 3.63) is 80.1 Å². The maximum atomic E-state index is 13.3. The fraction of sp³-hybridized carbons (Fsp3) is 0.296. The molecule has 0 unspecified atom stereocenters. The van der Waals surface area contributed by atoms with Crippen LogP contribution >= 0.6 is 23.2 Å². The topological polar surface area (TPSA) is 104 Å². The summed E-state index contributed by atoms with van der Waals surface area (Å²) < 4.78 is 13.9. The Labute approximate surface area is 228 Å². The molecule has 4 rings (SSSR count). The molecule has 0 bridgehead atoms. The number of hydrogen-bond donors (Lipinski definition) is 0. The summed E-state index contributed by atoms with van der Waals surface area (Å²) in [6.07, 6.45) is 1.52. The molecule has 0 aliphatic rings. The first-order valence-corrected chi connectivity index (χ1v) is 12.8. The molecule has 0 atom stereocenters. The van der Waals surface area contributed by atoms with E-state index < -0.39 is 11.9 Å². The van der Waals surface area contributed by atoms with Crippen molar-refractivity contribution in [2.24, 2.45) is 10.9 Å². The van der Waals surface area contributed by atoms with Crippen LogP contribution in [0, 0.1) is 5.92 Å². The third-order valence-corrected chi connectivity index (χ3v) is 6.06. The Bertz CT molecular complexity index is 1660. The number of halogens is 2. The third kappa shape index (κ3) is 5.89. The van der Waals surface area contributed by atoms with Gasteiger partial charge >= 0.3 is 5.97 Å². The van der Waals surface area contributed by atoms with Gasteiger partial charge in [-0.2, -0.15) is 4.99 Å². The minimum absolute atomic E-state index is 0.000420. The SMILES string of the molecule is CCOC(=O)c1cc2c(=O)n3ccccc3nc2n(CC(C)C)c1=NC(=O)CCOc1ccc(Cl)cc1Cl. The highest BCUT2D eigenvalue weighted by Gasteiger charge is 2.20. The molecule has 3 heterocycles. The van der Waals surface area contributed by atoms with E-state index in [-0.39, 0.29) is 47.5 Å². The fourth-order valence-electron chi connectivity index (χ4n) is 3.91. The fourth-order valence-corrected chi connectivity index (χ4v) is 4.37. The predicted octanol–water partition coefficient (Wildman–Crippen LogP) is 4.69. The van der Waals surface area contributed by atoms with Crippen LogP contribution in [-0.2, 0) is 16.1 Å². The van der Waals surface area contributed by atoms with Crippen LogP contribution in [0.3, 0.4) is 0 Å². The summed E-state index contributed by atoms with van der Waals surface area (Å²) in [4.78, 5) is 48.3. The Hall–Kier alpha value is -3.69. The number of rotatable bonds is 8. The molecule has 0 saturated heterocycles. The van der Waals surface area contributed by atoms with Crippen molar-refractivity contribution in [3.63, 3.8) is 0 Å². The van der Waals surface area contributed by atoms with Gasteiger partial charge in [-0.3, -0.25) is 14.0 Å². The Morgan fingerprint density at radius 2 is 1.92 bits per heavy atom. The smallest absolute Gasteiger partial charge is 0.341 e. The van der Waals surface area contributed by atoms with E-state index >= 15 is 0 Å². The maximum absolute atomic E-state index is 13.3. The van der Waals surface area contributed by atoms with Crippen LogP contribution in [0.5, 0.6) is 5.75 Å². The minimum atomic E-state index is -0.694. The van der Waals surface area contributed by atoms with Crippen molar-refractivity contribution < 1.29 is 19.1 Å². The lowest BCUT2D eigenvalue weighted by Gasteiger charge is -2.16. The highest BCUT2D eigenvalue weighted by molar-refractivity contribution is 6.35. The van der Waals surface area contributed by atoms with Crippen LogP contribution in [0.1, 0.15) is 37.6 Å². The summed E-state index contributed by atoms with van der Waals surface area (Å²) in [6.45, 7) is 6.08. The number of benzene rings is 1. The van der Waals surface area contributed by atoms with Crippen molar-refractivity contribution in [3.8, 4) is 5.75 Å². The molecule has 0 spiro atoms. The van der Waals surface area contributed by atoms with Gasteiger partial charge in [0.05, 0.1) is 30.0 Å². The highest BCUT2D eigenvalue weighted by atomic mass is 35.5. The normalized spacial score (nSPS) is 11.9. The van der Waals surface area contributed by atoms with Gasteiger partial charge in [-0.1, -0.05) is 43.1 Å². The largest absolute Gasteiger partial charge is 0.491 e. The monoisotopic (exact) mass is 556 g/mol. The van der Waals surface area contributed by atoms with E-state index in [2.05, 4.69) is 9.98 Å². The summed E-state index contributed by atoms with van der Waals surface area (Å²) in [5.74, 6) is -0.764. The highest BCUT2D eigenvalue weighted by Crippen LogP contribution is 2.27. The van der Waals surface area contributed by atoms with Crippen molar-refractivity contribution in [1.82, 2.24) is 14.0 Å². The molecule has 3 aromatic heterocycles. The van der Waals surface area contributed by atoms with E-state index in [0.717, 1.165) is 0 Å². The maximum Gasteiger partial charge on any atom is 0.341 e. The standard InChI is InChI=1S/C27H26Cl2N4O5/c1-4-37-27(36)19-14-18-24(30-22-7-5-6-11-32(22)26(18)35)33(15-16(2)3)25(19)31-23(34)10-12-38-21-9-8-17(28)13-20(21)29/h5-9,11,13-14,16H,4,10,12,15H2,1-3H3. The van der Waals surface area contributed by atoms with E-state index in [9.17, 15) is 14.4 Å². The number of amides is 1. The molecule has 0 fully saturated rings. The van der Waals surface area contributed by atoms with E-state index in [1.165, 1.54) is 10.5 Å². The molecule has 4 aromatic rings. The van der Waals surface area contributed by atoms with Gasteiger partial charge in [-0.05, 0) is 49.2 Å². The number of pyridine rings is 2. The van der Waals surface area contributed by atoms with Gasteiger partial charge in [0, 0.05) is 17.8 Å². The first kappa shape index (κ1) is 27.3. The quantitative estimate of drug-likeness (QED) is 0.230. The van der Waals surface area contributed by atoms with Gasteiger partial charge in [0.1, 0.15) is 22.6 Å². The van der Waals surface area contributed by atoms with Crippen LogP contribution in [-0.4, -0.2) is 39.0 Å². The molecular formula is C27H26Cl2N4O5. The summed E-state index contributed by atoms with van der Waals surface area (Å²) in [6, 6.07) is 11.4. The van der Waals surface area contributed by atoms with E-state index in [0.29, 0.717) is 33.6 Å².